The molecule has 0 amide bonds. The zero-order valence-electron chi connectivity index (χ0n) is 5.40. The lowest BCUT2D eigenvalue weighted by Crippen LogP contribution is -1.89. The van der Waals surface area contributed by atoms with Gasteiger partial charge in [0.25, 0.3) is 5.78 Å². The molecule has 0 spiro atoms. The van der Waals surface area contributed by atoms with Gasteiger partial charge in [-0.1, -0.05) is 11.6 Å². The molecule has 0 atom stereocenters. The number of nitrogen functional groups attached to an aromatic ring is 1. The van der Waals surface area contributed by atoms with Gasteiger partial charge in [0.1, 0.15) is 0 Å². The van der Waals surface area contributed by atoms with Crippen LogP contribution in [0.4, 0.5) is 5.95 Å². The number of fused-ring (bicyclic) bond motifs is 1. The van der Waals surface area contributed by atoms with Crippen molar-refractivity contribution in [2.24, 2.45) is 0 Å². The predicted molar refractivity (Wildman–Crippen MR) is 40.2 cm³/mol. The van der Waals surface area contributed by atoms with E-state index < -0.39 is 0 Å². The van der Waals surface area contributed by atoms with Gasteiger partial charge < -0.3 is 5.73 Å². The van der Waals surface area contributed by atoms with Crippen LogP contribution in [0.15, 0.2) is 12.4 Å². The van der Waals surface area contributed by atoms with Crippen LogP contribution in [-0.2, 0) is 0 Å². The number of hydrogen-bond donors (Lipinski definition) is 1. The molecule has 0 radical (unpaired) electrons. The highest BCUT2D eigenvalue weighted by Crippen LogP contribution is 2.06. The van der Waals surface area contributed by atoms with E-state index in [1.165, 1.54) is 10.7 Å². The highest BCUT2D eigenvalue weighted by atomic mass is 35.5. The Kier molecular flexibility index (Phi) is 1.19. The average Bonchev–Trinajstić information content (AvgIpc) is 2.27. The van der Waals surface area contributed by atoms with E-state index in [2.05, 4.69) is 15.1 Å². The summed E-state index contributed by atoms with van der Waals surface area (Å²) in [6.07, 6.45) is 3.08. The molecular formula is C5H4ClN5. The standard InChI is InChI=1S/C5H4ClN5/c6-3-1-8-5-9-4(7)10-11(5)2-3/h1-2H,(H2,7,10). The van der Waals surface area contributed by atoms with Crippen LogP contribution in [0.3, 0.4) is 0 Å². The minimum Gasteiger partial charge on any atom is -0.366 e. The molecule has 0 saturated carbocycles. The van der Waals surface area contributed by atoms with Gasteiger partial charge in [-0.15, -0.1) is 5.10 Å². The van der Waals surface area contributed by atoms with Crippen molar-refractivity contribution in [2.45, 2.75) is 0 Å². The fraction of sp³-hybridized carbons (Fsp3) is 0. The number of halogens is 1. The van der Waals surface area contributed by atoms with Gasteiger partial charge in [-0.05, 0) is 0 Å². The molecule has 0 saturated heterocycles. The second-order valence-electron chi connectivity index (χ2n) is 1.99. The summed E-state index contributed by atoms with van der Waals surface area (Å²) in [5, 5.41) is 4.31. The predicted octanol–water partition coefficient (Wildman–Crippen LogP) is 0.360. The molecule has 2 aromatic rings. The lowest BCUT2D eigenvalue weighted by Gasteiger charge is -1.88. The zero-order chi connectivity index (χ0) is 7.84. The van der Waals surface area contributed by atoms with Crippen molar-refractivity contribution in [2.75, 3.05) is 5.73 Å². The van der Waals surface area contributed by atoms with Crippen LogP contribution >= 0.6 is 11.6 Å². The first kappa shape index (κ1) is 6.36. The van der Waals surface area contributed by atoms with Gasteiger partial charge >= 0.3 is 0 Å². The molecular weight excluding hydrogens is 166 g/mol. The minimum absolute atomic E-state index is 0.194. The number of nitrogens with zero attached hydrogens (tertiary/aromatic N) is 4. The van der Waals surface area contributed by atoms with Crippen molar-refractivity contribution in [3.63, 3.8) is 0 Å². The summed E-state index contributed by atoms with van der Waals surface area (Å²) in [6.45, 7) is 0. The molecule has 0 aliphatic carbocycles. The first-order valence-electron chi connectivity index (χ1n) is 2.89. The van der Waals surface area contributed by atoms with Crippen molar-refractivity contribution in [3.05, 3.63) is 17.4 Å². The normalized spacial score (nSPS) is 10.6. The lowest BCUT2D eigenvalue weighted by atomic mass is 10.7. The Balaban J connectivity index is 2.82. The second-order valence-corrected chi connectivity index (χ2v) is 2.42. The fourth-order valence-corrected chi connectivity index (χ4v) is 0.917. The van der Waals surface area contributed by atoms with Crippen LogP contribution in [0.2, 0.25) is 5.02 Å². The van der Waals surface area contributed by atoms with E-state index in [0.717, 1.165) is 0 Å². The maximum absolute atomic E-state index is 5.64. The van der Waals surface area contributed by atoms with E-state index in [1.54, 1.807) is 6.20 Å². The summed E-state index contributed by atoms with van der Waals surface area (Å²) >= 11 is 5.64. The van der Waals surface area contributed by atoms with Crippen molar-refractivity contribution in [3.8, 4) is 0 Å². The fourth-order valence-electron chi connectivity index (χ4n) is 0.775. The van der Waals surface area contributed by atoms with Gasteiger partial charge in [-0.3, -0.25) is 0 Å². The number of rotatable bonds is 0. The Morgan fingerprint density at radius 3 is 3.18 bits per heavy atom. The summed E-state index contributed by atoms with van der Waals surface area (Å²) in [6, 6.07) is 0. The highest BCUT2D eigenvalue weighted by Gasteiger charge is 1.99. The molecule has 2 N–H and O–H groups in total. The Morgan fingerprint density at radius 2 is 2.36 bits per heavy atom. The Morgan fingerprint density at radius 1 is 1.55 bits per heavy atom. The van der Waals surface area contributed by atoms with Crippen LogP contribution in [-0.4, -0.2) is 19.6 Å². The van der Waals surface area contributed by atoms with E-state index in [-0.39, 0.29) is 5.95 Å². The summed E-state index contributed by atoms with van der Waals surface area (Å²) in [5.41, 5.74) is 5.31. The number of aromatic nitrogens is 4. The maximum Gasteiger partial charge on any atom is 0.254 e. The third kappa shape index (κ3) is 0.988. The second kappa shape index (κ2) is 2.06. The van der Waals surface area contributed by atoms with Gasteiger partial charge in [0.15, 0.2) is 0 Å². The van der Waals surface area contributed by atoms with Gasteiger partial charge in [0, 0.05) is 0 Å². The minimum atomic E-state index is 0.194. The van der Waals surface area contributed by atoms with Crippen molar-refractivity contribution < 1.29 is 0 Å². The Labute approximate surface area is 66.8 Å². The van der Waals surface area contributed by atoms with Gasteiger partial charge in [0.05, 0.1) is 17.4 Å². The third-order valence-corrected chi connectivity index (χ3v) is 1.37. The molecule has 0 aromatic carbocycles. The molecule has 0 bridgehead atoms. The largest absolute Gasteiger partial charge is 0.366 e. The van der Waals surface area contributed by atoms with Crippen LogP contribution in [0.5, 0.6) is 0 Å². The van der Waals surface area contributed by atoms with Gasteiger partial charge in [-0.2, -0.15) is 4.98 Å². The lowest BCUT2D eigenvalue weighted by molar-refractivity contribution is 0.944. The van der Waals surface area contributed by atoms with E-state index in [4.69, 9.17) is 17.3 Å². The molecule has 2 aromatic heterocycles. The zero-order valence-corrected chi connectivity index (χ0v) is 6.15. The summed E-state index contributed by atoms with van der Waals surface area (Å²) in [5.74, 6) is 0.645. The summed E-state index contributed by atoms with van der Waals surface area (Å²) < 4.78 is 1.43. The molecule has 0 unspecified atom stereocenters. The molecule has 0 aliphatic rings. The van der Waals surface area contributed by atoms with Crippen molar-refractivity contribution >= 4 is 23.3 Å². The topological polar surface area (TPSA) is 69.1 Å². The Hall–Kier alpha value is -1.36. The van der Waals surface area contributed by atoms with Crippen LogP contribution in [0, 0.1) is 0 Å². The van der Waals surface area contributed by atoms with E-state index in [0.29, 0.717) is 10.8 Å². The van der Waals surface area contributed by atoms with Gasteiger partial charge in [0.2, 0.25) is 5.95 Å². The molecule has 0 fully saturated rings. The smallest absolute Gasteiger partial charge is 0.254 e. The van der Waals surface area contributed by atoms with Gasteiger partial charge in [-0.25, -0.2) is 9.50 Å². The molecule has 0 aliphatic heterocycles. The number of nitrogens with two attached hydrogens (primary N) is 1. The summed E-state index contributed by atoms with van der Waals surface area (Å²) in [7, 11) is 0. The molecule has 5 nitrogen and oxygen atoms in total. The molecule has 2 rings (SSSR count). The first-order valence-corrected chi connectivity index (χ1v) is 3.27. The summed E-state index contributed by atoms with van der Waals surface area (Å²) in [4.78, 5) is 7.69. The van der Waals surface area contributed by atoms with Crippen LogP contribution in [0.25, 0.3) is 5.78 Å². The SMILES string of the molecule is Nc1nc2ncc(Cl)cn2n1. The monoisotopic (exact) mass is 169 g/mol. The molecule has 56 valence electrons. The van der Waals surface area contributed by atoms with Crippen LogP contribution in [0.1, 0.15) is 0 Å². The van der Waals surface area contributed by atoms with Crippen molar-refractivity contribution in [1.82, 2.24) is 19.6 Å². The maximum atomic E-state index is 5.64. The quantitative estimate of drug-likeness (QED) is 0.618. The third-order valence-electron chi connectivity index (χ3n) is 1.18. The molecule has 2 heterocycles. The van der Waals surface area contributed by atoms with Crippen LogP contribution < -0.4 is 5.73 Å². The van der Waals surface area contributed by atoms with E-state index in [1.807, 2.05) is 0 Å². The Bertz CT molecular complexity index is 395. The number of hydrogen-bond acceptors (Lipinski definition) is 4. The van der Waals surface area contributed by atoms with E-state index in [9.17, 15) is 0 Å². The van der Waals surface area contributed by atoms with E-state index >= 15 is 0 Å². The average molecular weight is 170 g/mol. The molecule has 6 heteroatoms. The number of anilines is 1. The first-order chi connectivity index (χ1) is 5.25. The van der Waals surface area contributed by atoms with Crippen molar-refractivity contribution in [1.29, 1.82) is 0 Å². The molecule has 11 heavy (non-hydrogen) atoms. The highest BCUT2D eigenvalue weighted by molar-refractivity contribution is 6.30.